The number of hydrazine groups is 1. The second-order valence-corrected chi connectivity index (χ2v) is 3.82. The van der Waals surface area contributed by atoms with Gasteiger partial charge in [-0.1, -0.05) is 36.4 Å². The average Bonchev–Trinajstić information content (AvgIpc) is 2.07. The van der Waals surface area contributed by atoms with E-state index in [1.807, 2.05) is 36.4 Å². The Morgan fingerprint density at radius 1 is 1.00 bits per heavy atom. The fourth-order valence-electron chi connectivity index (χ4n) is 0.385. The van der Waals surface area contributed by atoms with E-state index >= 15 is 0 Å². The van der Waals surface area contributed by atoms with Crippen molar-refractivity contribution in [3.8, 4) is 0 Å². The molecule has 68 valence electrons. The molecule has 0 aliphatic carbocycles. The van der Waals surface area contributed by atoms with E-state index in [1.165, 1.54) is 0 Å². The van der Waals surface area contributed by atoms with Gasteiger partial charge in [-0.3, -0.25) is 5.84 Å². The van der Waals surface area contributed by atoms with E-state index in [9.17, 15) is 8.42 Å². The van der Waals surface area contributed by atoms with Gasteiger partial charge in [-0.25, -0.2) is 8.42 Å². The number of rotatable bonds is 1. The van der Waals surface area contributed by atoms with Crippen LogP contribution in [0.25, 0.3) is 0 Å². The zero-order valence-electron chi connectivity index (χ0n) is 6.77. The molecule has 0 aromatic heterocycles. The number of nitrogens with one attached hydrogen (secondary N) is 1. The molecule has 1 aromatic rings. The molecular weight excluding hydrogens is 176 g/mol. The van der Waals surface area contributed by atoms with Crippen LogP contribution in [0.3, 0.4) is 0 Å². The van der Waals surface area contributed by atoms with Gasteiger partial charge < -0.3 is 0 Å². The van der Waals surface area contributed by atoms with Gasteiger partial charge in [-0.2, -0.15) is 4.83 Å². The van der Waals surface area contributed by atoms with Gasteiger partial charge in [0.15, 0.2) is 0 Å². The fraction of sp³-hybridized carbons (Fsp3) is 0.143. The number of benzene rings is 1. The number of sulfonamides is 1. The zero-order valence-corrected chi connectivity index (χ0v) is 7.58. The van der Waals surface area contributed by atoms with Crippen molar-refractivity contribution in [3.05, 3.63) is 36.4 Å². The Kier molecular flexibility index (Phi) is 5.27. The third-order valence-electron chi connectivity index (χ3n) is 0.881. The van der Waals surface area contributed by atoms with Gasteiger partial charge in [-0.15, -0.1) is 0 Å². The van der Waals surface area contributed by atoms with Crippen LogP contribution in [0.1, 0.15) is 0 Å². The minimum Gasteiger partial charge on any atom is -0.258 e. The molecule has 0 aliphatic rings. The molecule has 5 heteroatoms. The predicted octanol–water partition coefficient (Wildman–Crippen LogP) is 0.0959. The molecule has 0 heterocycles. The van der Waals surface area contributed by atoms with Gasteiger partial charge in [0.1, 0.15) is 0 Å². The molecule has 0 unspecified atom stereocenters. The van der Waals surface area contributed by atoms with Crippen molar-refractivity contribution in [1.29, 1.82) is 0 Å². The van der Waals surface area contributed by atoms with E-state index in [-0.39, 0.29) is 0 Å². The van der Waals surface area contributed by atoms with Gasteiger partial charge >= 0.3 is 0 Å². The quantitative estimate of drug-likeness (QED) is 0.485. The minimum absolute atomic E-state index is 0.979. The molecule has 0 saturated heterocycles. The summed E-state index contributed by atoms with van der Waals surface area (Å²) < 4.78 is 19.5. The van der Waals surface area contributed by atoms with Crippen molar-refractivity contribution < 1.29 is 8.42 Å². The molecule has 4 nitrogen and oxygen atoms in total. The zero-order chi connectivity index (χ0) is 9.45. The summed E-state index contributed by atoms with van der Waals surface area (Å²) >= 11 is 0. The Labute approximate surface area is 72.4 Å². The van der Waals surface area contributed by atoms with Crippen molar-refractivity contribution in [2.24, 2.45) is 5.84 Å². The molecule has 0 saturated carbocycles. The summed E-state index contributed by atoms with van der Waals surface area (Å²) in [5.74, 6) is 4.47. The SMILES string of the molecule is CS(=O)(=O)NN.c1ccccc1. The number of nitrogens with two attached hydrogens (primary N) is 1. The molecule has 12 heavy (non-hydrogen) atoms. The van der Waals surface area contributed by atoms with E-state index in [0.29, 0.717) is 0 Å². The summed E-state index contributed by atoms with van der Waals surface area (Å²) in [6.07, 6.45) is 0.979. The van der Waals surface area contributed by atoms with Crippen molar-refractivity contribution >= 4 is 10.0 Å². The van der Waals surface area contributed by atoms with E-state index in [0.717, 1.165) is 6.26 Å². The molecule has 0 aliphatic heterocycles. The Hall–Kier alpha value is -0.910. The van der Waals surface area contributed by atoms with Crippen molar-refractivity contribution in [2.75, 3.05) is 6.26 Å². The Morgan fingerprint density at radius 3 is 1.25 bits per heavy atom. The first-order valence-electron chi connectivity index (χ1n) is 3.23. The summed E-state index contributed by atoms with van der Waals surface area (Å²) in [6.45, 7) is 0. The van der Waals surface area contributed by atoms with Crippen LogP contribution < -0.4 is 10.7 Å². The van der Waals surface area contributed by atoms with Gasteiger partial charge in [0, 0.05) is 0 Å². The number of hydrogen-bond acceptors (Lipinski definition) is 3. The lowest BCUT2D eigenvalue weighted by Gasteiger charge is -1.85. The van der Waals surface area contributed by atoms with Crippen LogP contribution in [-0.2, 0) is 10.0 Å². The summed E-state index contributed by atoms with van der Waals surface area (Å²) in [5, 5.41) is 0. The summed E-state index contributed by atoms with van der Waals surface area (Å²) in [7, 11) is -3.13. The van der Waals surface area contributed by atoms with Gasteiger partial charge in [0.2, 0.25) is 10.0 Å². The first-order chi connectivity index (χ1) is 5.56. The third-order valence-corrected chi connectivity index (χ3v) is 1.31. The number of hydrogen-bond donors (Lipinski definition) is 2. The maximum Gasteiger partial charge on any atom is 0.221 e. The lowest BCUT2D eigenvalue weighted by molar-refractivity contribution is 0.590. The molecule has 1 rings (SSSR count). The highest BCUT2D eigenvalue weighted by atomic mass is 32.2. The van der Waals surface area contributed by atoms with Crippen LogP contribution in [0.15, 0.2) is 36.4 Å². The summed E-state index contributed by atoms with van der Waals surface area (Å²) in [4.78, 5) is 1.58. The predicted molar refractivity (Wildman–Crippen MR) is 48.6 cm³/mol. The maximum atomic E-state index is 9.76. The Morgan fingerprint density at radius 2 is 1.17 bits per heavy atom. The van der Waals surface area contributed by atoms with E-state index < -0.39 is 10.0 Å². The molecule has 0 bridgehead atoms. The van der Waals surface area contributed by atoms with E-state index in [1.54, 1.807) is 4.83 Å². The van der Waals surface area contributed by atoms with E-state index in [4.69, 9.17) is 0 Å². The van der Waals surface area contributed by atoms with Crippen molar-refractivity contribution in [1.82, 2.24) is 4.83 Å². The molecule has 0 radical (unpaired) electrons. The molecular formula is C7H12N2O2S. The standard InChI is InChI=1S/C6H6.CH6N2O2S/c1-2-4-6-5-3-1;1-6(4,5)3-2/h1-6H;3H,2H2,1H3. The fourth-order valence-corrected chi connectivity index (χ4v) is 0.385. The van der Waals surface area contributed by atoms with Crippen molar-refractivity contribution in [2.45, 2.75) is 0 Å². The highest BCUT2D eigenvalue weighted by molar-refractivity contribution is 7.88. The first-order valence-corrected chi connectivity index (χ1v) is 5.13. The van der Waals surface area contributed by atoms with Crippen LogP contribution in [0.2, 0.25) is 0 Å². The van der Waals surface area contributed by atoms with Crippen LogP contribution in [-0.4, -0.2) is 14.7 Å². The van der Waals surface area contributed by atoms with Crippen LogP contribution in [0, 0.1) is 0 Å². The first kappa shape index (κ1) is 11.1. The largest absolute Gasteiger partial charge is 0.258 e. The topological polar surface area (TPSA) is 72.2 Å². The maximum absolute atomic E-state index is 9.76. The van der Waals surface area contributed by atoms with Crippen LogP contribution >= 0.6 is 0 Å². The normalized spacial score (nSPS) is 9.83. The van der Waals surface area contributed by atoms with Crippen LogP contribution in [0.5, 0.6) is 0 Å². The summed E-state index contributed by atoms with van der Waals surface area (Å²) in [6, 6.07) is 12.0. The van der Waals surface area contributed by atoms with E-state index in [2.05, 4.69) is 5.84 Å². The van der Waals surface area contributed by atoms with Gasteiger partial charge in [0.25, 0.3) is 0 Å². The second kappa shape index (κ2) is 5.70. The van der Waals surface area contributed by atoms with Crippen molar-refractivity contribution in [3.63, 3.8) is 0 Å². The molecule has 3 N–H and O–H groups in total. The summed E-state index contributed by atoms with van der Waals surface area (Å²) in [5.41, 5.74) is 0. The second-order valence-electron chi connectivity index (χ2n) is 2.04. The van der Waals surface area contributed by atoms with Gasteiger partial charge in [-0.05, 0) is 0 Å². The van der Waals surface area contributed by atoms with Gasteiger partial charge in [0.05, 0.1) is 6.26 Å². The molecule has 1 aromatic carbocycles. The average molecular weight is 188 g/mol. The Bertz CT molecular complexity index is 257. The molecule has 0 spiro atoms. The molecule has 0 amide bonds. The monoisotopic (exact) mass is 188 g/mol. The smallest absolute Gasteiger partial charge is 0.221 e. The minimum atomic E-state index is -3.13. The third kappa shape index (κ3) is 9.09. The van der Waals surface area contributed by atoms with Crippen LogP contribution in [0.4, 0.5) is 0 Å². The lowest BCUT2D eigenvalue weighted by atomic mass is 10.4. The molecule has 0 atom stereocenters. The lowest BCUT2D eigenvalue weighted by Crippen LogP contribution is -2.28. The highest BCUT2D eigenvalue weighted by Crippen LogP contribution is 1.79. The highest BCUT2D eigenvalue weighted by Gasteiger charge is 1.88. The molecule has 0 fully saturated rings. The Balaban J connectivity index is 0.000000202.